The number of benzene rings is 1. The topological polar surface area (TPSA) is 0 Å². The van der Waals surface area contributed by atoms with Gasteiger partial charge in [-0.2, -0.15) is 0 Å². The lowest BCUT2D eigenvalue weighted by atomic mass is 9.65. The van der Waals surface area contributed by atoms with Crippen LogP contribution in [0, 0.1) is 11.8 Å². The van der Waals surface area contributed by atoms with Crippen LogP contribution in [0.1, 0.15) is 62.0 Å². The first kappa shape index (κ1) is 21.9. The number of rotatable bonds is 3. The van der Waals surface area contributed by atoms with E-state index in [2.05, 4.69) is 103 Å². The fraction of sp³-hybridized carbons (Fsp3) is 0.278. The maximum absolute atomic E-state index is 2.60. The first-order valence-corrected chi connectivity index (χ1v) is 13.9. The summed E-state index contributed by atoms with van der Waals surface area (Å²) < 4.78 is 0. The molecule has 0 radical (unpaired) electrons. The molecule has 36 heavy (non-hydrogen) atoms. The van der Waals surface area contributed by atoms with Crippen LogP contribution in [-0.4, -0.2) is 0 Å². The van der Waals surface area contributed by atoms with Gasteiger partial charge in [0, 0.05) is 17.8 Å². The zero-order valence-corrected chi connectivity index (χ0v) is 21.0. The van der Waals surface area contributed by atoms with E-state index >= 15 is 0 Å². The Bertz CT molecular complexity index is 1400. The molecule has 3 unspecified atom stereocenters. The Morgan fingerprint density at radius 3 is 2.36 bits per heavy atom. The molecule has 0 saturated carbocycles. The van der Waals surface area contributed by atoms with Gasteiger partial charge in [-0.3, -0.25) is 0 Å². The van der Waals surface area contributed by atoms with Gasteiger partial charge in [-0.05, 0) is 95.1 Å². The summed E-state index contributed by atoms with van der Waals surface area (Å²) >= 11 is 0. The normalized spacial score (nSPS) is 28.3. The summed E-state index contributed by atoms with van der Waals surface area (Å²) in [5, 5.41) is 0. The van der Waals surface area contributed by atoms with E-state index < -0.39 is 0 Å². The molecule has 1 aromatic rings. The largest absolute Gasteiger partial charge is 0.0842 e. The highest BCUT2D eigenvalue weighted by Crippen LogP contribution is 2.50. The average Bonchev–Trinajstić information content (AvgIpc) is 2.98. The van der Waals surface area contributed by atoms with Gasteiger partial charge in [-0.25, -0.2) is 0 Å². The Morgan fingerprint density at radius 2 is 1.47 bits per heavy atom. The highest BCUT2D eigenvalue weighted by atomic mass is 14.4. The monoisotopic (exact) mass is 466 g/mol. The predicted octanol–water partition coefficient (Wildman–Crippen LogP) is 9.43. The Hall–Kier alpha value is -3.38. The second-order valence-corrected chi connectivity index (χ2v) is 11.0. The Balaban J connectivity index is 1.19. The van der Waals surface area contributed by atoms with E-state index in [9.17, 15) is 0 Å². The Labute approximate surface area is 215 Å². The summed E-state index contributed by atoms with van der Waals surface area (Å²) in [5.41, 5.74) is 13.9. The molecule has 0 heteroatoms. The number of allylic oxidation sites excluding steroid dienone is 20. The van der Waals surface area contributed by atoms with Crippen molar-refractivity contribution in [2.45, 2.75) is 50.9 Å². The Morgan fingerprint density at radius 1 is 0.639 bits per heavy atom. The van der Waals surface area contributed by atoms with Crippen molar-refractivity contribution in [2.75, 3.05) is 0 Å². The molecule has 0 aliphatic heterocycles. The SMILES string of the molecule is C1=CCCC(c2cccc(C3C=CC=C(C4=CC5=C(CC4)C4=C(C=CCC4)C4C=CC=CC54)C3)c2)=C1. The van der Waals surface area contributed by atoms with Gasteiger partial charge in [-0.1, -0.05) is 103 Å². The third-order valence-electron chi connectivity index (χ3n) is 8.94. The average molecular weight is 467 g/mol. The van der Waals surface area contributed by atoms with Gasteiger partial charge < -0.3 is 0 Å². The molecule has 1 aromatic carbocycles. The third kappa shape index (κ3) is 3.84. The predicted molar refractivity (Wildman–Crippen MR) is 152 cm³/mol. The van der Waals surface area contributed by atoms with Crippen LogP contribution in [0.25, 0.3) is 5.57 Å². The molecule has 0 heterocycles. The minimum atomic E-state index is 0.454. The van der Waals surface area contributed by atoms with E-state index in [-0.39, 0.29) is 0 Å². The minimum absolute atomic E-state index is 0.454. The highest BCUT2D eigenvalue weighted by molar-refractivity contribution is 5.69. The van der Waals surface area contributed by atoms with Crippen LogP contribution in [0.4, 0.5) is 0 Å². The fourth-order valence-electron chi connectivity index (χ4n) is 7.11. The van der Waals surface area contributed by atoms with Gasteiger partial charge >= 0.3 is 0 Å². The van der Waals surface area contributed by atoms with E-state index in [0.29, 0.717) is 17.8 Å². The molecule has 0 N–H and O–H groups in total. The molecule has 178 valence electrons. The van der Waals surface area contributed by atoms with Crippen LogP contribution >= 0.6 is 0 Å². The zero-order valence-electron chi connectivity index (χ0n) is 21.0. The van der Waals surface area contributed by atoms with E-state index in [1.807, 2.05) is 0 Å². The molecule has 0 bridgehead atoms. The highest BCUT2D eigenvalue weighted by Gasteiger charge is 2.36. The van der Waals surface area contributed by atoms with Gasteiger partial charge in [0.05, 0.1) is 0 Å². The lowest BCUT2D eigenvalue weighted by Gasteiger charge is -2.39. The van der Waals surface area contributed by atoms with E-state index in [4.69, 9.17) is 0 Å². The van der Waals surface area contributed by atoms with Gasteiger partial charge in [0.25, 0.3) is 0 Å². The molecule has 3 atom stereocenters. The maximum atomic E-state index is 2.60. The summed E-state index contributed by atoms with van der Waals surface area (Å²) in [6, 6.07) is 9.30. The van der Waals surface area contributed by atoms with E-state index in [1.165, 1.54) is 48.0 Å². The molecule has 0 amide bonds. The van der Waals surface area contributed by atoms with E-state index in [0.717, 1.165) is 19.3 Å². The van der Waals surface area contributed by atoms with Gasteiger partial charge in [0.2, 0.25) is 0 Å². The zero-order chi connectivity index (χ0) is 23.9. The third-order valence-corrected chi connectivity index (χ3v) is 8.94. The molecule has 6 aliphatic carbocycles. The number of fused-ring (bicyclic) bond motifs is 4. The molecule has 0 aromatic heterocycles. The number of hydrogen-bond acceptors (Lipinski definition) is 0. The Kier molecular flexibility index (Phi) is 5.62. The van der Waals surface area contributed by atoms with Crippen molar-refractivity contribution in [3.63, 3.8) is 0 Å². The molecular weight excluding hydrogens is 432 g/mol. The van der Waals surface area contributed by atoms with Crippen LogP contribution < -0.4 is 0 Å². The standard InChI is InChI=1S/C36H34/c1-2-10-25(11-3-1)26-12-8-13-27(22-26)28-14-9-15-29(23-28)30-20-21-35-33-18-5-4-16-31(33)32-17-6-7-19-34(32)36(35)24-30/h1-2,4,6-10,12-17,19,22,24,28,32,34H,3,5,11,18,20-21,23H2. The van der Waals surface area contributed by atoms with Crippen molar-refractivity contribution in [3.05, 3.63) is 148 Å². The van der Waals surface area contributed by atoms with Crippen molar-refractivity contribution < 1.29 is 0 Å². The molecule has 0 saturated heterocycles. The smallest absolute Gasteiger partial charge is 0.0128 e. The van der Waals surface area contributed by atoms with Crippen molar-refractivity contribution in [2.24, 2.45) is 11.8 Å². The van der Waals surface area contributed by atoms with Crippen molar-refractivity contribution in [3.8, 4) is 0 Å². The number of hydrogen-bond donors (Lipinski definition) is 0. The van der Waals surface area contributed by atoms with Gasteiger partial charge in [0.15, 0.2) is 0 Å². The minimum Gasteiger partial charge on any atom is -0.0842 e. The molecule has 0 nitrogen and oxygen atoms in total. The summed E-state index contributed by atoms with van der Waals surface area (Å²) in [4.78, 5) is 0. The summed E-state index contributed by atoms with van der Waals surface area (Å²) in [6.45, 7) is 0. The molecule has 0 spiro atoms. The lowest BCUT2D eigenvalue weighted by Crippen LogP contribution is -2.26. The van der Waals surface area contributed by atoms with Crippen molar-refractivity contribution >= 4 is 5.57 Å². The summed E-state index contributed by atoms with van der Waals surface area (Å²) in [5.74, 6) is 1.46. The molecule has 6 aliphatic rings. The van der Waals surface area contributed by atoms with Crippen LogP contribution in [0.2, 0.25) is 0 Å². The van der Waals surface area contributed by atoms with Crippen molar-refractivity contribution in [1.29, 1.82) is 0 Å². The van der Waals surface area contributed by atoms with Crippen molar-refractivity contribution in [1.82, 2.24) is 0 Å². The quantitative estimate of drug-likeness (QED) is 0.416. The maximum Gasteiger partial charge on any atom is 0.0128 e. The van der Waals surface area contributed by atoms with Crippen LogP contribution in [0.5, 0.6) is 0 Å². The lowest BCUT2D eigenvalue weighted by molar-refractivity contribution is 0.577. The van der Waals surface area contributed by atoms with Crippen LogP contribution in [0.15, 0.2) is 137 Å². The van der Waals surface area contributed by atoms with E-state index in [1.54, 1.807) is 27.9 Å². The second kappa shape index (κ2) is 9.25. The summed E-state index contributed by atoms with van der Waals surface area (Å²) in [6.07, 6.45) is 38.8. The van der Waals surface area contributed by atoms with Crippen LogP contribution in [-0.2, 0) is 0 Å². The first-order chi connectivity index (χ1) is 17.8. The fourth-order valence-corrected chi connectivity index (χ4v) is 7.11. The van der Waals surface area contributed by atoms with Gasteiger partial charge in [-0.15, -0.1) is 0 Å². The first-order valence-electron chi connectivity index (χ1n) is 13.9. The second-order valence-electron chi connectivity index (χ2n) is 11.0. The molecular formula is C36H34. The molecule has 7 rings (SSSR count). The van der Waals surface area contributed by atoms with Crippen LogP contribution in [0.3, 0.4) is 0 Å². The molecule has 0 fully saturated rings. The van der Waals surface area contributed by atoms with Gasteiger partial charge in [0.1, 0.15) is 0 Å². The summed E-state index contributed by atoms with van der Waals surface area (Å²) in [7, 11) is 0.